The van der Waals surface area contributed by atoms with Crippen LogP contribution in [0.3, 0.4) is 0 Å². The van der Waals surface area contributed by atoms with Crippen molar-refractivity contribution in [3.63, 3.8) is 0 Å². The number of hydrogen-bond acceptors (Lipinski definition) is 3. The van der Waals surface area contributed by atoms with Crippen LogP contribution in [0.5, 0.6) is 0 Å². The molecule has 3 heteroatoms. The standard InChI is InChI=1S/C16H22O3/c1-6-19-15(18)11(2)14(17)12-7-9-13(10-8-12)16(3,4)5/h7-10,14,17H,2,6H2,1,3-5H3. The van der Waals surface area contributed by atoms with Crippen molar-refractivity contribution in [3.8, 4) is 0 Å². The third-order valence-electron chi connectivity index (χ3n) is 2.96. The molecule has 0 radical (unpaired) electrons. The number of ether oxygens (including phenoxy) is 1. The van der Waals surface area contributed by atoms with Gasteiger partial charge in [0, 0.05) is 0 Å². The summed E-state index contributed by atoms with van der Waals surface area (Å²) in [5.74, 6) is -0.560. The molecule has 0 heterocycles. The number of benzene rings is 1. The Bertz CT molecular complexity index is 452. The molecule has 104 valence electrons. The van der Waals surface area contributed by atoms with E-state index in [1.165, 1.54) is 5.56 Å². The smallest absolute Gasteiger partial charge is 0.336 e. The number of hydrogen-bond donors (Lipinski definition) is 1. The topological polar surface area (TPSA) is 46.5 Å². The largest absolute Gasteiger partial charge is 0.463 e. The third kappa shape index (κ3) is 3.93. The van der Waals surface area contributed by atoms with Crippen LogP contribution in [0.2, 0.25) is 0 Å². The molecule has 1 aromatic rings. The Morgan fingerprint density at radius 3 is 2.26 bits per heavy atom. The van der Waals surface area contributed by atoms with Gasteiger partial charge in [0.25, 0.3) is 0 Å². The second-order valence-electron chi connectivity index (χ2n) is 5.52. The molecule has 3 nitrogen and oxygen atoms in total. The zero-order valence-electron chi connectivity index (χ0n) is 12.1. The van der Waals surface area contributed by atoms with Crippen molar-refractivity contribution < 1.29 is 14.6 Å². The fourth-order valence-corrected chi connectivity index (χ4v) is 1.70. The predicted molar refractivity (Wildman–Crippen MR) is 75.9 cm³/mol. The quantitative estimate of drug-likeness (QED) is 0.670. The van der Waals surface area contributed by atoms with Crippen molar-refractivity contribution >= 4 is 5.97 Å². The van der Waals surface area contributed by atoms with Gasteiger partial charge in [-0.1, -0.05) is 51.6 Å². The summed E-state index contributed by atoms with van der Waals surface area (Å²) in [6.45, 7) is 11.9. The van der Waals surface area contributed by atoms with E-state index < -0.39 is 12.1 Å². The van der Waals surface area contributed by atoms with Crippen LogP contribution in [0.15, 0.2) is 36.4 Å². The minimum Gasteiger partial charge on any atom is -0.463 e. The van der Waals surface area contributed by atoms with Crippen LogP contribution in [0.4, 0.5) is 0 Å². The highest BCUT2D eigenvalue weighted by Gasteiger charge is 2.20. The molecule has 1 N–H and O–H groups in total. The van der Waals surface area contributed by atoms with E-state index in [-0.39, 0.29) is 17.6 Å². The molecule has 0 bridgehead atoms. The normalized spacial score (nSPS) is 12.9. The maximum absolute atomic E-state index is 11.5. The van der Waals surface area contributed by atoms with Crippen LogP contribution in [-0.4, -0.2) is 17.7 Å². The second kappa shape index (κ2) is 6.02. The van der Waals surface area contributed by atoms with Crippen LogP contribution in [0.1, 0.15) is 44.9 Å². The van der Waals surface area contributed by atoms with Crippen molar-refractivity contribution in [2.24, 2.45) is 0 Å². The van der Waals surface area contributed by atoms with Gasteiger partial charge in [0.1, 0.15) is 6.10 Å². The SMILES string of the molecule is C=C(C(=O)OCC)C(O)c1ccc(C(C)(C)C)cc1. The zero-order valence-corrected chi connectivity index (χ0v) is 12.1. The average molecular weight is 262 g/mol. The van der Waals surface area contributed by atoms with Gasteiger partial charge < -0.3 is 9.84 Å². The highest BCUT2D eigenvalue weighted by molar-refractivity contribution is 5.89. The minimum absolute atomic E-state index is 0.0572. The van der Waals surface area contributed by atoms with E-state index in [0.29, 0.717) is 5.56 Å². The summed E-state index contributed by atoms with van der Waals surface area (Å²) in [7, 11) is 0. The lowest BCUT2D eigenvalue weighted by molar-refractivity contribution is -0.139. The third-order valence-corrected chi connectivity index (χ3v) is 2.96. The van der Waals surface area contributed by atoms with Crippen molar-refractivity contribution in [3.05, 3.63) is 47.5 Å². The monoisotopic (exact) mass is 262 g/mol. The van der Waals surface area contributed by atoms with E-state index in [1.54, 1.807) is 6.92 Å². The number of carbonyl (C=O) groups is 1. The first kappa shape index (κ1) is 15.4. The van der Waals surface area contributed by atoms with Crippen LogP contribution in [0, 0.1) is 0 Å². The van der Waals surface area contributed by atoms with Crippen molar-refractivity contribution in [2.45, 2.75) is 39.2 Å². The molecule has 0 spiro atoms. The Morgan fingerprint density at radius 2 is 1.84 bits per heavy atom. The molecule has 19 heavy (non-hydrogen) atoms. The Balaban J connectivity index is 2.86. The average Bonchev–Trinajstić information content (AvgIpc) is 2.36. The number of aliphatic hydroxyl groups is 1. The van der Waals surface area contributed by atoms with E-state index in [4.69, 9.17) is 4.74 Å². The van der Waals surface area contributed by atoms with Crippen molar-refractivity contribution in [2.75, 3.05) is 6.61 Å². The Morgan fingerprint density at radius 1 is 1.32 bits per heavy atom. The van der Waals surface area contributed by atoms with E-state index in [9.17, 15) is 9.90 Å². The van der Waals surface area contributed by atoms with E-state index in [0.717, 1.165) is 0 Å². The molecule has 0 amide bonds. The maximum atomic E-state index is 11.5. The molecule has 1 atom stereocenters. The van der Waals surface area contributed by atoms with Gasteiger partial charge in [0.2, 0.25) is 0 Å². The Labute approximate surface area is 114 Å². The molecule has 1 rings (SSSR count). The number of aliphatic hydroxyl groups excluding tert-OH is 1. The first-order valence-corrected chi connectivity index (χ1v) is 6.41. The Kier molecular flexibility index (Phi) is 4.90. The lowest BCUT2D eigenvalue weighted by atomic mass is 9.86. The molecule has 1 unspecified atom stereocenters. The van der Waals surface area contributed by atoms with Crippen LogP contribution < -0.4 is 0 Å². The molecule has 0 saturated heterocycles. The molecule has 1 aromatic carbocycles. The van der Waals surface area contributed by atoms with Crippen molar-refractivity contribution in [1.82, 2.24) is 0 Å². The van der Waals surface area contributed by atoms with Gasteiger partial charge in [-0.05, 0) is 23.5 Å². The highest BCUT2D eigenvalue weighted by atomic mass is 16.5. The lowest BCUT2D eigenvalue weighted by Crippen LogP contribution is -2.14. The molecular weight excluding hydrogens is 240 g/mol. The van der Waals surface area contributed by atoms with E-state index in [1.807, 2.05) is 24.3 Å². The molecular formula is C16H22O3. The van der Waals surface area contributed by atoms with Crippen molar-refractivity contribution in [1.29, 1.82) is 0 Å². The number of rotatable bonds is 4. The van der Waals surface area contributed by atoms with Gasteiger partial charge >= 0.3 is 5.97 Å². The second-order valence-corrected chi connectivity index (χ2v) is 5.52. The molecule has 0 aliphatic rings. The minimum atomic E-state index is -1.02. The van der Waals surface area contributed by atoms with Gasteiger partial charge in [0.05, 0.1) is 12.2 Å². The van der Waals surface area contributed by atoms with E-state index >= 15 is 0 Å². The highest BCUT2D eigenvalue weighted by Crippen LogP contribution is 2.26. The summed E-state index contributed by atoms with van der Waals surface area (Å²) in [5.41, 5.74) is 1.93. The van der Waals surface area contributed by atoms with Crippen LogP contribution in [0.25, 0.3) is 0 Å². The molecule has 0 aliphatic heterocycles. The first-order chi connectivity index (χ1) is 8.77. The maximum Gasteiger partial charge on any atom is 0.336 e. The summed E-state index contributed by atoms with van der Waals surface area (Å²) >= 11 is 0. The zero-order chi connectivity index (χ0) is 14.6. The van der Waals surface area contributed by atoms with Gasteiger partial charge in [-0.3, -0.25) is 0 Å². The first-order valence-electron chi connectivity index (χ1n) is 6.41. The number of esters is 1. The summed E-state index contributed by atoms with van der Waals surface area (Å²) in [4.78, 5) is 11.5. The molecule has 0 aliphatic carbocycles. The van der Waals surface area contributed by atoms with Gasteiger partial charge in [-0.15, -0.1) is 0 Å². The van der Waals surface area contributed by atoms with Crippen LogP contribution >= 0.6 is 0 Å². The summed E-state index contributed by atoms with van der Waals surface area (Å²) in [6, 6.07) is 7.54. The fourth-order valence-electron chi connectivity index (χ4n) is 1.70. The van der Waals surface area contributed by atoms with E-state index in [2.05, 4.69) is 27.4 Å². The molecule has 0 aromatic heterocycles. The van der Waals surface area contributed by atoms with Gasteiger partial charge in [-0.25, -0.2) is 4.79 Å². The predicted octanol–water partition coefficient (Wildman–Crippen LogP) is 3.14. The lowest BCUT2D eigenvalue weighted by Gasteiger charge is -2.20. The molecule has 0 fully saturated rings. The summed E-state index contributed by atoms with van der Waals surface area (Å²) < 4.78 is 4.83. The van der Waals surface area contributed by atoms with Gasteiger partial charge in [0.15, 0.2) is 0 Å². The Hall–Kier alpha value is -1.61. The summed E-state index contributed by atoms with van der Waals surface area (Å²) in [5, 5.41) is 10.1. The molecule has 0 saturated carbocycles. The summed E-state index contributed by atoms with van der Waals surface area (Å²) in [6.07, 6.45) is -1.02. The fraction of sp³-hybridized carbons (Fsp3) is 0.438. The number of carbonyl (C=O) groups excluding carboxylic acids is 1. The van der Waals surface area contributed by atoms with Gasteiger partial charge in [-0.2, -0.15) is 0 Å². The van der Waals surface area contributed by atoms with Crippen LogP contribution in [-0.2, 0) is 14.9 Å².